The molecule has 1 nitrogen and oxygen atoms in total. The highest BCUT2D eigenvalue weighted by molar-refractivity contribution is 9.10. The lowest BCUT2D eigenvalue weighted by Gasteiger charge is -2.01. The summed E-state index contributed by atoms with van der Waals surface area (Å²) in [6.45, 7) is 2.08. The summed E-state index contributed by atoms with van der Waals surface area (Å²) in [6, 6.07) is 2.19. The standard InChI is InChI=1S/C9H10BrN/c1-6-9(7-2-3-7)4-8(10)5-11-6/h4-5,7H,2-3H2,1H3. The zero-order valence-electron chi connectivity index (χ0n) is 6.47. The van der Waals surface area contributed by atoms with Gasteiger partial charge < -0.3 is 0 Å². The normalized spacial score (nSPS) is 16.9. The first-order valence-electron chi connectivity index (χ1n) is 3.89. The van der Waals surface area contributed by atoms with Crippen molar-refractivity contribution < 1.29 is 0 Å². The van der Waals surface area contributed by atoms with Crippen molar-refractivity contribution in [1.29, 1.82) is 0 Å². The van der Waals surface area contributed by atoms with Crippen LogP contribution in [0.2, 0.25) is 0 Å². The lowest BCUT2D eigenvalue weighted by atomic mass is 10.1. The molecule has 0 spiro atoms. The predicted octanol–water partition coefficient (Wildman–Crippen LogP) is 3.03. The van der Waals surface area contributed by atoms with Gasteiger partial charge in [-0.3, -0.25) is 4.98 Å². The molecule has 0 N–H and O–H groups in total. The Morgan fingerprint density at radius 2 is 2.27 bits per heavy atom. The second kappa shape index (κ2) is 2.59. The van der Waals surface area contributed by atoms with Crippen LogP contribution in [0.15, 0.2) is 16.7 Å². The van der Waals surface area contributed by atoms with Gasteiger partial charge in [0.15, 0.2) is 0 Å². The van der Waals surface area contributed by atoms with Crippen molar-refractivity contribution in [3.05, 3.63) is 28.0 Å². The molecule has 0 saturated heterocycles. The first-order chi connectivity index (χ1) is 5.27. The SMILES string of the molecule is Cc1ncc(Br)cc1C1CC1. The first kappa shape index (κ1) is 7.29. The summed E-state index contributed by atoms with van der Waals surface area (Å²) < 4.78 is 1.10. The zero-order chi connectivity index (χ0) is 7.84. The van der Waals surface area contributed by atoms with Crippen LogP contribution in [-0.4, -0.2) is 4.98 Å². The molecule has 1 aromatic heterocycles. The fourth-order valence-electron chi connectivity index (χ4n) is 1.33. The van der Waals surface area contributed by atoms with E-state index in [1.807, 2.05) is 6.20 Å². The third-order valence-electron chi connectivity index (χ3n) is 2.11. The summed E-state index contributed by atoms with van der Waals surface area (Å²) in [4.78, 5) is 4.29. The van der Waals surface area contributed by atoms with Gasteiger partial charge in [0.1, 0.15) is 0 Å². The predicted molar refractivity (Wildman–Crippen MR) is 48.6 cm³/mol. The summed E-state index contributed by atoms with van der Waals surface area (Å²) in [6.07, 6.45) is 4.55. The van der Waals surface area contributed by atoms with Gasteiger partial charge in [-0.05, 0) is 53.2 Å². The minimum absolute atomic E-state index is 0.806. The van der Waals surface area contributed by atoms with Crippen LogP contribution in [-0.2, 0) is 0 Å². The van der Waals surface area contributed by atoms with Crippen molar-refractivity contribution in [1.82, 2.24) is 4.98 Å². The fraction of sp³-hybridized carbons (Fsp3) is 0.444. The van der Waals surface area contributed by atoms with E-state index in [-0.39, 0.29) is 0 Å². The molecule has 1 aliphatic carbocycles. The third kappa shape index (κ3) is 1.45. The van der Waals surface area contributed by atoms with E-state index in [9.17, 15) is 0 Å². The molecule has 1 heterocycles. The van der Waals surface area contributed by atoms with Crippen LogP contribution in [0.1, 0.15) is 30.0 Å². The van der Waals surface area contributed by atoms with Crippen molar-refractivity contribution in [3.8, 4) is 0 Å². The Morgan fingerprint density at radius 1 is 1.55 bits per heavy atom. The summed E-state index contributed by atoms with van der Waals surface area (Å²) >= 11 is 3.43. The Morgan fingerprint density at radius 3 is 2.91 bits per heavy atom. The highest BCUT2D eigenvalue weighted by Crippen LogP contribution is 2.41. The molecule has 0 unspecified atom stereocenters. The number of rotatable bonds is 1. The van der Waals surface area contributed by atoms with Crippen LogP contribution in [0, 0.1) is 6.92 Å². The molecule has 2 rings (SSSR count). The van der Waals surface area contributed by atoms with Gasteiger partial charge >= 0.3 is 0 Å². The molecule has 1 aromatic rings. The van der Waals surface area contributed by atoms with Gasteiger partial charge in [0.2, 0.25) is 0 Å². The first-order valence-corrected chi connectivity index (χ1v) is 4.68. The molecule has 0 aromatic carbocycles. The smallest absolute Gasteiger partial charge is 0.0413 e. The Bertz CT molecular complexity index is 279. The highest BCUT2D eigenvalue weighted by Gasteiger charge is 2.25. The van der Waals surface area contributed by atoms with Gasteiger partial charge in [0.25, 0.3) is 0 Å². The Hall–Kier alpha value is -0.370. The van der Waals surface area contributed by atoms with Gasteiger partial charge in [-0.15, -0.1) is 0 Å². The minimum Gasteiger partial charge on any atom is -0.260 e. The molecular formula is C9H10BrN. The molecule has 1 aliphatic rings. The second-order valence-corrected chi connectivity index (χ2v) is 4.02. The van der Waals surface area contributed by atoms with Crippen molar-refractivity contribution in [2.24, 2.45) is 0 Å². The summed E-state index contributed by atoms with van der Waals surface area (Å²) in [5.74, 6) is 0.806. The molecule has 1 saturated carbocycles. The van der Waals surface area contributed by atoms with E-state index in [1.54, 1.807) is 0 Å². The molecule has 1 fully saturated rings. The maximum atomic E-state index is 4.29. The average Bonchev–Trinajstić information content (AvgIpc) is 2.76. The number of hydrogen-bond donors (Lipinski definition) is 0. The topological polar surface area (TPSA) is 12.9 Å². The lowest BCUT2D eigenvalue weighted by molar-refractivity contribution is 1.03. The Kier molecular flexibility index (Phi) is 1.72. The molecule has 0 atom stereocenters. The fourth-order valence-corrected chi connectivity index (χ4v) is 1.68. The number of hydrogen-bond acceptors (Lipinski definition) is 1. The molecule has 2 heteroatoms. The third-order valence-corrected chi connectivity index (χ3v) is 2.54. The van der Waals surface area contributed by atoms with Crippen molar-refractivity contribution >= 4 is 15.9 Å². The van der Waals surface area contributed by atoms with Gasteiger partial charge in [0, 0.05) is 16.4 Å². The maximum absolute atomic E-state index is 4.29. The molecule has 0 amide bonds. The quantitative estimate of drug-likeness (QED) is 0.697. The second-order valence-electron chi connectivity index (χ2n) is 3.10. The van der Waals surface area contributed by atoms with Crippen LogP contribution in [0.3, 0.4) is 0 Å². The molecule has 0 bridgehead atoms. The van der Waals surface area contributed by atoms with E-state index in [0.717, 1.165) is 10.4 Å². The Labute approximate surface area is 75.0 Å². The van der Waals surface area contributed by atoms with E-state index >= 15 is 0 Å². The summed E-state index contributed by atoms with van der Waals surface area (Å²) in [5.41, 5.74) is 2.62. The van der Waals surface area contributed by atoms with Crippen LogP contribution < -0.4 is 0 Å². The van der Waals surface area contributed by atoms with Gasteiger partial charge in [-0.1, -0.05) is 0 Å². The number of pyridine rings is 1. The Balaban J connectivity index is 2.42. The number of aryl methyl sites for hydroxylation is 1. The van der Waals surface area contributed by atoms with E-state index in [0.29, 0.717) is 0 Å². The summed E-state index contributed by atoms with van der Waals surface area (Å²) in [7, 11) is 0. The van der Waals surface area contributed by atoms with Crippen LogP contribution in [0.4, 0.5) is 0 Å². The van der Waals surface area contributed by atoms with Gasteiger partial charge in [-0.25, -0.2) is 0 Å². The van der Waals surface area contributed by atoms with Crippen LogP contribution >= 0.6 is 15.9 Å². The van der Waals surface area contributed by atoms with Gasteiger partial charge in [0.05, 0.1) is 0 Å². The molecular weight excluding hydrogens is 202 g/mol. The zero-order valence-corrected chi connectivity index (χ0v) is 8.06. The van der Waals surface area contributed by atoms with Crippen molar-refractivity contribution in [3.63, 3.8) is 0 Å². The number of halogens is 1. The maximum Gasteiger partial charge on any atom is 0.0413 e. The largest absolute Gasteiger partial charge is 0.260 e. The molecule has 11 heavy (non-hydrogen) atoms. The van der Waals surface area contributed by atoms with Crippen LogP contribution in [0.25, 0.3) is 0 Å². The number of aromatic nitrogens is 1. The minimum atomic E-state index is 0.806. The monoisotopic (exact) mass is 211 g/mol. The van der Waals surface area contributed by atoms with E-state index in [1.165, 1.54) is 24.1 Å². The van der Waals surface area contributed by atoms with E-state index in [2.05, 4.69) is 33.9 Å². The van der Waals surface area contributed by atoms with Crippen molar-refractivity contribution in [2.75, 3.05) is 0 Å². The summed E-state index contributed by atoms with van der Waals surface area (Å²) in [5, 5.41) is 0. The molecule has 58 valence electrons. The van der Waals surface area contributed by atoms with Crippen LogP contribution in [0.5, 0.6) is 0 Å². The van der Waals surface area contributed by atoms with E-state index in [4.69, 9.17) is 0 Å². The average molecular weight is 212 g/mol. The van der Waals surface area contributed by atoms with E-state index < -0.39 is 0 Å². The van der Waals surface area contributed by atoms with Crippen molar-refractivity contribution in [2.45, 2.75) is 25.7 Å². The van der Waals surface area contributed by atoms with Gasteiger partial charge in [-0.2, -0.15) is 0 Å². The lowest BCUT2D eigenvalue weighted by Crippen LogP contribution is -1.89. The molecule has 0 radical (unpaired) electrons. The number of nitrogens with zero attached hydrogens (tertiary/aromatic N) is 1. The molecule has 0 aliphatic heterocycles. The highest BCUT2D eigenvalue weighted by atomic mass is 79.9.